The summed E-state index contributed by atoms with van der Waals surface area (Å²) in [5, 5.41) is 4.03. The molecule has 0 aliphatic carbocycles. The van der Waals surface area contributed by atoms with E-state index in [9.17, 15) is 9.59 Å². The summed E-state index contributed by atoms with van der Waals surface area (Å²) < 4.78 is 7.16. The number of amides is 2. The molecule has 0 spiro atoms. The van der Waals surface area contributed by atoms with Crippen LogP contribution in [0.3, 0.4) is 0 Å². The molecule has 2 amide bonds. The molecule has 0 aliphatic heterocycles. The van der Waals surface area contributed by atoms with Gasteiger partial charge in [-0.15, -0.1) is 0 Å². The molecule has 1 atom stereocenters. The second kappa shape index (κ2) is 12.1. The Balaban J connectivity index is 1.62. The quantitative estimate of drug-likeness (QED) is 0.227. The van der Waals surface area contributed by atoms with Crippen molar-refractivity contribution in [3.8, 4) is 11.4 Å². The third kappa shape index (κ3) is 5.70. The third-order valence-corrected chi connectivity index (χ3v) is 7.06. The lowest BCUT2D eigenvalue weighted by molar-refractivity contribution is 0.190. The number of para-hydroxylation sites is 3. The molecule has 1 unspecified atom stereocenters. The smallest absolute Gasteiger partial charge is 0.322 e. The van der Waals surface area contributed by atoms with Gasteiger partial charge in [-0.1, -0.05) is 66.2 Å². The van der Waals surface area contributed by atoms with E-state index in [1.54, 1.807) is 53.0 Å². The molecule has 0 aliphatic rings. The van der Waals surface area contributed by atoms with E-state index in [2.05, 4.69) is 5.32 Å². The molecule has 1 aromatic heterocycles. The monoisotopic (exact) mass is 552 g/mol. The predicted molar refractivity (Wildman–Crippen MR) is 160 cm³/mol. The fourth-order valence-electron chi connectivity index (χ4n) is 4.71. The summed E-state index contributed by atoms with van der Waals surface area (Å²) in [5.74, 6) is 0.948. The fourth-order valence-corrected chi connectivity index (χ4v) is 4.84. The van der Waals surface area contributed by atoms with E-state index in [4.69, 9.17) is 21.3 Å². The number of nitrogens with zero attached hydrogens (tertiary/aromatic N) is 3. The lowest BCUT2D eigenvalue weighted by Gasteiger charge is -2.31. The molecule has 1 N–H and O–H groups in total. The summed E-state index contributed by atoms with van der Waals surface area (Å²) in [6.45, 7) is 2.27. The van der Waals surface area contributed by atoms with Crippen LogP contribution in [0, 0.1) is 0 Å². The Labute approximate surface area is 237 Å². The summed E-state index contributed by atoms with van der Waals surface area (Å²) in [6, 6.07) is 30.5. The summed E-state index contributed by atoms with van der Waals surface area (Å²) >= 11 is 6.05. The number of halogens is 1. The van der Waals surface area contributed by atoms with Gasteiger partial charge >= 0.3 is 6.03 Å². The van der Waals surface area contributed by atoms with E-state index < -0.39 is 6.04 Å². The number of hydrogen-bond acceptors (Lipinski definition) is 4. The van der Waals surface area contributed by atoms with E-state index in [1.165, 1.54) is 0 Å². The number of aromatic nitrogens is 2. The van der Waals surface area contributed by atoms with Crippen LogP contribution in [-0.4, -0.2) is 34.1 Å². The Morgan fingerprint density at radius 1 is 0.950 bits per heavy atom. The van der Waals surface area contributed by atoms with Gasteiger partial charge in [-0.05, 0) is 67.4 Å². The van der Waals surface area contributed by atoms with Gasteiger partial charge in [-0.25, -0.2) is 9.78 Å². The lowest BCUT2D eigenvalue weighted by atomic mass is 10.1. The highest BCUT2D eigenvalue weighted by molar-refractivity contribution is 6.30. The van der Waals surface area contributed by atoms with Gasteiger partial charge in [0.05, 0.1) is 29.7 Å². The minimum atomic E-state index is -0.585. The second-order valence-corrected chi connectivity index (χ2v) is 9.78. The average molecular weight is 553 g/mol. The Morgan fingerprint density at radius 2 is 1.62 bits per heavy atom. The first-order valence-electron chi connectivity index (χ1n) is 13.0. The zero-order chi connectivity index (χ0) is 28.1. The SMILES string of the molecule is COc1ccccc1-n1c(C(C)N(CCc2ccccc2)C(=O)Nc2ccc(Cl)cc2)nc2ccccc2c1=O. The molecule has 40 heavy (non-hydrogen) atoms. The van der Waals surface area contributed by atoms with Crippen molar-refractivity contribution in [1.29, 1.82) is 0 Å². The maximum absolute atomic E-state index is 14.0. The first-order valence-corrected chi connectivity index (χ1v) is 13.4. The highest BCUT2D eigenvalue weighted by Gasteiger charge is 2.28. The summed E-state index contributed by atoms with van der Waals surface area (Å²) in [4.78, 5) is 34.4. The van der Waals surface area contributed by atoms with Crippen LogP contribution in [0.2, 0.25) is 5.02 Å². The molecule has 5 aromatic rings. The number of carbonyl (C=O) groups is 1. The molecule has 1 heterocycles. The number of fused-ring (bicyclic) bond motifs is 1. The molecule has 4 aromatic carbocycles. The van der Waals surface area contributed by atoms with Crippen LogP contribution in [-0.2, 0) is 6.42 Å². The van der Waals surface area contributed by atoms with Crippen molar-refractivity contribution in [3.63, 3.8) is 0 Å². The minimum absolute atomic E-state index is 0.238. The highest BCUT2D eigenvalue weighted by Crippen LogP contribution is 2.28. The van der Waals surface area contributed by atoms with Gasteiger partial charge in [0.1, 0.15) is 11.6 Å². The van der Waals surface area contributed by atoms with Crippen LogP contribution >= 0.6 is 11.6 Å². The summed E-state index contributed by atoms with van der Waals surface area (Å²) in [5.41, 5.74) is 2.57. The standard InChI is InChI=1S/C32H29ClN4O3/c1-22(36(21-20-23-10-4-3-5-11-23)32(39)34-25-18-16-24(33)17-19-25)30-35-27-13-7-6-12-26(27)31(38)37(30)28-14-8-9-15-29(28)40-2/h3-19,22H,20-21H2,1-2H3,(H,34,39). The van der Waals surface area contributed by atoms with Crippen LogP contribution < -0.4 is 15.6 Å². The molecule has 0 fully saturated rings. The molecule has 8 heteroatoms. The van der Waals surface area contributed by atoms with E-state index in [-0.39, 0.29) is 11.6 Å². The van der Waals surface area contributed by atoms with E-state index >= 15 is 0 Å². The zero-order valence-electron chi connectivity index (χ0n) is 22.3. The van der Waals surface area contributed by atoms with Crippen LogP contribution in [0.15, 0.2) is 108 Å². The molecular formula is C32H29ClN4O3. The van der Waals surface area contributed by atoms with Crippen molar-refractivity contribution < 1.29 is 9.53 Å². The van der Waals surface area contributed by atoms with Gasteiger partial charge in [0.15, 0.2) is 0 Å². The lowest BCUT2D eigenvalue weighted by Crippen LogP contribution is -2.41. The second-order valence-electron chi connectivity index (χ2n) is 9.34. The molecule has 7 nitrogen and oxygen atoms in total. The van der Waals surface area contributed by atoms with Crippen LogP contribution in [0.25, 0.3) is 16.6 Å². The van der Waals surface area contributed by atoms with Crippen molar-refractivity contribution in [2.75, 3.05) is 19.0 Å². The number of anilines is 1. The molecule has 0 saturated carbocycles. The maximum atomic E-state index is 14.0. The number of hydrogen-bond donors (Lipinski definition) is 1. The first kappa shape index (κ1) is 27.0. The van der Waals surface area contributed by atoms with Crippen LogP contribution in [0.1, 0.15) is 24.4 Å². The molecule has 0 saturated heterocycles. The van der Waals surface area contributed by atoms with Crippen molar-refractivity contribution >= 4 is 34.2 Å². The number of nitrogens with one attached hydrogen (secondary N) is 1. The highest BCUT2D eigenvalue weighted by atomic mass is 35.5. The van der Waals surface area contributed by atoms with Gasteiger partial charge in [-0.3, -0.25) is 9.36 Å². The van der Waals surface area contributed by atoms with Crippen molar-refractivity contribution in [3.05, 3.63) is 130 Å². The summed E-state index contributed by atoms with van der Waals surface area (Å²) in [6.07, 6.45) is 0.617. The van der Waals surface area contributed by atoms with Crippen molar-refractivity contribution in [1.82, 2.24) is 14.5 Å². The Kier molecular flexibility index (Phi) is 8.12. The van der Waals surface area contributed by atoms with Gasteiger partial charge < -0.3 is 15.0 Å². The third-order valence-electron chi connectivity index (χ3n) is 6.81. The normalized spacial score (nSPS) is 11.7. The number of ether oxygens (including phenoxy) is 1. The molecule has 0 bridgehead atoms. The number of rotatable bonds is 8. The Morgan fingerprint density at radius 3 is 2.38 bits per heavy atom. The fraction of sp³-hybridized carbons (Fsp3) is 0.156. The number of carbonyl (C=O) groups excluding carboxylic acids is 1. The molecular weight excluding hydrogens is 524 g/mol. The predicted octanol–water partition coefficient (Wildman–Crippen LogP) is 6.89. The van der Waals surface area contributed by atoms with Gasteiger partial charge in [0.25, 0.3) is 5.56 Å². The zero-order valence-corrected chi connectivity index (χ0v) is 23.0. The van der Waals surface area contributed by atoms with Gasteiger partial charge in [0.2, 0.25) is 0 Å². The van der Waals surface area contributed by atoms with Crippen LogP contribution in [0.5, 0.6) is 5.75 Å². The first-order chi connectivity index (χ1) is 19.5. The average Bonchev–Trinajstić information content (AvgIpc) is 2.99. The van der Waals surface area contributed by atoms with E-state index in [1.807, 2.05) is 73.7 Å². The summed E-state index contributed by atoms with van der Waals surface area (Å²) in [7, 11) is 1.56. The van der Waals surface area contributed by atoms with E-state index in [0.29, 0.717) is 51.8 Å². The maximum Gasteiger partial charge on any atom is 0.322 e. The van der Waals surface area contributed by atoms with Gasteiger partial charge in [0, 0.05) is 17.3 Å². The molecule has 0 radical (unpaired) electrons. The van der Waals surface area contributed by atoms with Crippen LogP contribution in [0.4, 0.5) is 10.5 Å². The largest absolute Gasteiger partial charge is 0.495 e. The molecule has 5 rings (SSSR count). The number of urea groups is 1. The van der Waals surface area contributed by atoms with Gasteiger partial charge in [-0.2, -0.15) is 0 Å². The molecule has 202 valence electrons. The Bertz CT molecular complexity index is 1690. The topological polar surface area (TPSA) is 76.5 Å². The Hall–Kier alpha value is -4.62. The minimum Gasteiger partial charge on any atom is -0.495 e. The number of benzene rings is 4. The van der Waals surface area contributed by atoms with Crippen molar-refractivity contribution in [2.45, 2.75) is 19.4 Å². The number of methoxy groups -OCH3 is 1. The van der Waals surface area contributed by atoms with Crippen molar-refractivity contribution in [2.24, 2.45) is 0 Å². The van der Waals surface area contributed by atoms with E-state index in [0.717, 1.165) is 5.56 Å².